The molecule has 0 spiro atoms. The SMILES string of the molecule is Cn1cc(C(=O)Nc2cccc3[nH]ccc23)cn1. The molecule has 2 N–H and O–H groups in total. The number of anilines is 1. The van der Waals surface area contributed by atoms with Crippen LogP contribution >= 0.6 is 0 Å². The topological polar surface area (TPSA) is 62.7 Å². The van der Waals surface area contributed by atoms with Crippen molar-refractivity contribution in [2.45, 2.75) is 0 Å². The monoisotopic (exact) mass is 240 g/mol. The van der Waals surface area contributed by atoms with Crippen LogP contribution in [0.2, 0.25) is 0 Å². The number of hydrogen-bond acceptors (Lipinski definition) is 2. The van der Waals surface area contributed by atoms with E-state index < -0.39 is 0 Å². The molecule has 0 saturated heterocycles. The molecule has 2 heterocycles. The highest BCUT2D eigenvalue weighted by Gasteiger charge is 2.10. The number of aromatic amines is 1. The minimum Gasteiger partial charge on any atom is -0.361 e. The molecule has 3 aromatic rings. The van der Waals surface area contributed by atoms with Crippen LogP contribution < -0.4 is 5.32 Å². The molecule has 0 aliphatic rings. The van der Waals surface area contributed by atoms with Crippen molar-refractivity contribution in [1.29, 1.82) is 0 Å². The van der Waals surface area contributed by atoms with Crippen LogP contribution in [0.5, 0.6) is 0 Å². The van der Waals surface area contributed by atoms with E-state index in [1.54, 1.807) is 24.1 Å². The zero-order chi connectivity index (χ0) is 12.5. The van der Waals surface area contributed by atoms with E-state index in [1.165, 1.54) is 0 Å². The van der Waals surface area contributed by atoms with Crippen LogP contribution in [-0.2, 0) is 7.05 Å². The number of hydrogen-bond donors (Lipinski definition) is 2. The molecular formula is C13H12N4O. The Hall–Kier alpha value is -2.56. The largest absolute Gasteiger partial charge is 0.361 e. The number of aromatic nitrogens is 3. The number of benzene rings is 1. The average Bonchev–Trinajstić information content (AvgIpc) is 2.97. The summed E-state index contributed by atoms with van der Waals surface area (Å²) in [7, 11) is 1.78. The Morgan fingerprint density at radius 1 is 1.39 bits per heavy atom. The number of H-pyrrole nitrogens is 1. The molecule has 1 amide bonds. The summed E-state index contributed by atoms with van der Waals surface area (Å²) in [4.78, 5) is 15.1. The van der Waals surface area contributed by atoms with Crippen molar-refractivity contribution < 1.29 is 4.79 Å². The van der Waals surface area contributed by atoms with Crippen LogP contribution in [0.1, 0.15) is 10.4 Å². The molecule has 0 fully saturated rings. The smallest absolute Gasteiger partial charge is 0.258 e. The van der Waals surface area contributed by atoms with E-state index in [9.17, 15) is 4.79 Å². The van der Waals surface area contributed by atoms with Crippen LogP contribution in [0, 0.1) is 0 Å². The van der Waals surface area contributed by atoms with Gasteiger partial charge in [-0.25, -0.2) is 0 Å². The molecule has 0 bridgehead atoms. The lowest BCUT2D eigenvalue weighted by Gasteiger charge is -2.04. The summed E-state index contributed by atoms with van der Waals surface area (Å²) in [6.45, 7) is 0. The first-order chi connectivity index (χ1) is 8.74. The summed E-state index contributed by atoms with van der Waals surface area (Å²) in [5.74, 6) is -0.156. The summed E-state index contributed by atoms with van der Waals surface area (Å²) >= 11 is 0. The van der Waals surface area contributed by atoms with Gasteiger partial charge in [0.15, 0.2) is 0 Å². The van der Waals surface area contributed by atoms with Gasteiger partial charge in [0, 0.05) is 30.3 Å². The summed E-state index contributed by atoms with van der Waals surface area (Å²) in [5.41, 5.74) is 2.34. The Kier molecular flexibility index (Phi) is 2.37. The van der Waals surface area contributed by atoms with Crippen molar-refractivity contribution in [1.82, 2.24) is 14.8 Å². The molecule has 0 unspecified atom stereocenters. The van der Waals surface area contributed by atoms with Crippen LogP contribution in [0.4, 0.5) is 5.69 Å². The predicted molar refractivity (Wildman–Crippen MR) is 69.5 cm³/mol. The third kappa shape index (κ3) is 1.75. The first-order valence-electron chi connectivity index (χ1n) is 5.60. The number of fused-ring (bicyclic) bond motifs is 1. The maximum Gasteiger partial charge on any atom is 0.258 e. The maximum atomic E-state index is 12.0. The minimum absolute atomic E-state index is 0.156. The lowest BCUT2D eigenvalue weighted by Crippen LogP contribution is -2.11. The Morgan fingerprint density at radius 2 is 2.28 bits per heavy atom. The average molecular weight is 240 g/mol. The number of nitrogens with one attached hydrogen (secondary N) is 2. The molecule has 5 heteroatoms. The van der Waals surface area contributed by atoms with Gasteiger partial charge in [0.1, 0.15) is 0 Å². The van der Waals surface area contributed by atoms with Gasteiger partial charge >= 0.3 is 0 Å². The molecule has 0 radical (unpaired) electrons. The van der Waals surface area contributed by atoms with Crippen molar-refractivity contribution >= 4 is 22.5 Å². The third-order valence-electron chi connectivity index (χ3n) is 2.81. The second-order valence-electron chi connectivity index (χ2n) is 4.10. The van der Waals surface area contributed by atoms with Crippen molar-refractivity contribution in [2.24, 2.45) is 7.05 Å². The van der Waals surface area contributed by atoms with Crippen LogP contribution in [0.15, 0.2) is 42.9 Å². The number of carbonyl (C=O) groups is 1. The van der Waals surface area contributed by atoms with Gasteiger partial charge in [-0.1, -0.05) is 6.07 Å². The quantitative estimate of drug-likeness (QED) is 0.721. The Balaban J connectivity index is 1.92. The minimum atomic E-state index is -0.156. The summed E-state index contributed by atoms with van der Waals surface area (Å²) in [6, 6.07) is 7.69. The standard InChI is InChI=1S/C13H12N4O/c1-17-8-9(7-15-17)13(18)16-12-4-2-3-11-10(12)5-6-14-11/h2-8,14H,1H3,(H,16,18). The van der Waals surface area contributed by atoms with Gasteiger partial charge in [-0.3, -0.25) is 9.48 Å². The van der Waals surface area contributed by atoms with E-state index >= 15 is 0 Å². The third-order valence-corrected chi connectivity index (χ3v) is 2.81. The van der Waals surface area contributed by atoms with Gasteiger partial charge in [-0.05, 0) is 18.2 Å². The zero-order valence-electron chi connectivity index (χ0n) is 9.84. The van der Waals surface area contributed by atoms with E-state index in [1.807, 2.05) is 30.5 Å². The van der Waals surface area contributed by atoms with E-state index in [2.05, 4.69) is 15.4 Å². The van der Waals surface area contributed by atoms with Gasteiger partial charge in [0.2, 0.25) is 0 Å². The van der Waals surface area contributed by atoms with E-state index in [0.717, 1.165) is 16.6 Å². The fourth-order valence-electron chi connectivity index (χ4n) is 1.93. The van der Waals surface area contributed by atoms with Crippen molar-refractivity contribution in [3.8, 4) is 0 Å². The Morgan fingerprint density at radius 3 is 3.06 bits per heavy atom. The molecule has 3 rings (SSSR count). The van der Waals surface area contributed by atoms with Crippen molar-refractivity contribution in [3.05, 3.63) is 48.4 Å². The molecule has 0 aliphatic carbocycles. The molecule has 18 heavy (non-hydrogen) atoms. The second-order valence-corrected chi connectivity index (χ2v) is 4.10. The number of carbonyl (C=O) groups excluding carboxylic acids is 1. The van der Waals surface area contributed by atoms with Crippen LogP contribution in [0.3, 0.4) is 0 Å². The Labute approximate surface area is 103 Å². The fourth-order valence-corrected chi connectivity index (χ4v) is 1.93. The molecule has 5 nitrogen and oxygen atoms in total. The first-order valence-corrected chi connectivity index (χ1v) is 5.60. The van der Waals surface area contributed by atoms with Gasteiger partial charge in [-0.15, -0.1) is 0 Å². The summed E-state index contributed by atoms with van der Waals surface area (Å²) in [5, 5.41) is 7.86. The van der Waals surface area contributed by atoms with Crippen molar-refractivity contribution in [2.75, 3.05) is 5.32 Å². The normalized spacial score (nSPS) is 10.7. The zero-order valence-corrected chi connectivity index (χ0v) is 9.84. The maximum absolute atomic E-state index is 12.0. The molecule has 0 saturated carbocycles. The number of nitrogens with zero attached hydrogens (tertiary/aromatic N) is 2. The first kappa shape index (κ1) is 10.6. The molecule has 90 valence electrons. The van der Waals surface area contributed by atoms with Crippen LogP contribution in [-0.4, -0.2) is 20.7 Å². The number of amides is 1. The highest BCUT2D eigenvalue weighted by molar-refractivity contribution is 6.08. The van der Waals surface area contributed by atoms with Crippen molar-refractivity contribution in [3.63, 3.8) is 0 Å². The second kappa shape index (κ2) is 4.03. The van der Waals surface area contributed by atoms with Crippen LogP contribution in [0.25, 0.3) is 10.9 Å². The summed E-state index contributed by atoms with van der Waals surface area (Å²) < 4.78 is 1.60. The van der Waals surface area contributed by atoms with Gasteiger partial charge in [0.25, 0.3) is 5.91 Å². The van der Waals surface area contributed by atoms with E-state index in [0.29, 0.717) is 5.56 Å². The molecule has 0 aliphatic heterocycles. The van der Waals surface area contributed by atoms with Gasteiger partial charge in [0.05, 0.1) is 17.4 Å². The van der Waals surface area contributed by atoms with Gasteiger partial charge < -0.3 is 10.3 Å². The van der Waals surface area contributed by atoms with E-state index in [4.69, 9.17) is 0 Å². The number of rotatable bonds is 2. The predicted octanol–water partition coefficient (Wildman–Crippen LogP) is 2.15. The lowest BCUT2D eigenvalue weighted by atomic mass is 10.2. The fraction of sp³-hybridized carbons (Fsp3) is 0.0769. The molecule has 1 aromatic carbocycles. The highest BCUT2D eigenvalue weighted by atomic mass is 16.1. The highest BCUT2D eigenvalue weighted by Crippen LogP contribution is 2.22. The molecule has 0 atom stereocenters. The number of aryl methyl sites for hydroxylation is 1. The lowest BCUT2D eigenvalue weighted by molar-refractivity contribution is 0.102. The molecule has 2 aromatic heterocycles. The molecular weight excluding hydrogens is 228 g/mol. The van der Waals surface area contributed by atoms with E-state index in [-0.39, 0.29) is 5.91 Å². The summed E-state index contributed by atoms with van der Waals surface area (Å²) in [6.07, 6.45) is 5.09. The van der Waals surface area contributed by atoms with Gasteiger partial charge in [-0.2, -0.15) is 5.10 Å². The Bertz CT molecular complexity index is 710.